The van der Waals surface area contributed by atoms with E-state index < -0.39 is 6.10 Å². The van der Waals surface area contributed by atoms with Crippen LogP contribution in [0.5, 0.6) is 0 Å². The molecule has 0 heterocycles. The van der Waals surface area contributed by atoms with Crippen LogP contribution in [0.15, 0.2) is 60.8 Å². The molecule has 0 fully saturated rings. The Balaban J connectivity index is 4.15. The summed E-state index contributed by atoms with van der Waals surface area (Å²) in [6.45, 7) is 6.63. The van der Waals surface area contributed by atoms with E-state index in [0.717, 1.165) is 77.0 Å². The minimum absolute atomic E-state index is 0.0744. The van der Waals surface area contributed by atoms with E-state index in [2.05, 4.69) is 81.5 Å². The summed E-state index contributed by atoms with van der Waals surface area (Å²) in [5, 5.41) is 0. The van der Waals surface area contributed by atoms with E-state index in [1.54, 1.807) is 0 Å². The van der Waals surface area contributed by atoms with Gasteiger partial charge in [0.15, 0.2) is 6.10 Å². The molecular weight excluding hydrogens is 973 g/mol. The minimum Gasteiger partial charge on any atom is -0.462 e. The van der Waals surface area contributed by atoms with Gasteiger partial charge in [-0.3, -0.25) is 14.4 Å². The van der Waals surface area contributed by atoms with Gasteiger partial charge in [-0.05, 0) is 103 Å². The molecule has 6 heteroatoms. The van der Waals surface area contributed by atoms with Crippen LogP contribution in [0.1, 0.15) is 367 Å². The molecule has 0 aliphatic carbocycles. The van der Waals surface area contributed by atoms with Crippen molar-refractivity contribution in [3.05, 3.63) is 60.8 Å². The zero-order valence-corrected chi connectivity index (χ0v) is 52.9. The number of carbonyl (C=O) groups excluding carboxylic acids is 3. The largest absolute Gasteiger partial charge is 0.462 e. The maximum Gasteiger partial charge on any atom is 0.306 e. The Hall–Kier alpha value is -2.89. The summed E-state index contributed by atoms with van der Waals surface area (Å²) in [7, 11) is 0. The molecule has 0 aromatic rings. The average Bonchev–Trinajstić information content (AvgIpc) is 3.45. The second-order valence-electron chi connectivity index (χ2n) is 23.4. The molecule has 1 unspecified atom stereocenters. The van der Waals surface area contributed by atoms with Gasteiger partial charge in [0.2, 0.25) is 0 Å². The zero-order chi connectivity index (χ0) is 57.1. The van der Waals surface area contributed by atoms with Crippen LogP contribution in [0.2, 0.25) is 0 Å². The van der Waals surface area contributed by atoms with Crippen molar-refractivity contribution >= 4 is 17.9 Å². The second-order valence-corrected chi connectivity index (χ2v) is 23.4. The number of hydrogen-bond acceptors (Lipinski definition) is 6. The van der Waals surface area contributed by atoms with Crippen LogP contribution in [0.3, 0.4) is 0 Å². The molecular formula is C73H132O6. The Morgan fingerprint density at radius 1 is 0.253 bits per heavy atom. The predicted molar refractivity (Wildman–Crippen MR) is 344 cm³/mol. The maximum absolute atomic E-state index is 12.9. The highest BCUT2D eigenvalue weighted by Gasteiger charge is 2.19. The Kier molecular flexibility index (Phi) is 65.1. The highest BCUT2D eigenvalue weighted by Crippen LogP contribution is 2.17. The minimum atomic E-state index is -0.778. The monoisotopic (exact) mass is 1110 g/mol. The summed E-state index contributed by atoms with van der Waals surface area (Å²) in [5.41, 5.74) is 0. The first kappa shape index (κ1) is 76.1. The Labute approximate surface area is 491 Å². The van der Waals surface area contributed by atoms with Gasteiger partial charge in [-0.2, -0.15) is 0 Å². The van der Waals surface area contributed by atoms with Gasteiger partial charge in [-0.15, -0.1) is 0 Å². The summed E-state index contributed by atoms with van der Waals surface area (Å²) in [6.07, 6.45) is 86.8. The number of rotatable bonds is 64. The van der Waals surface area contributed by atoms with E-state index >= 15 is 0 Å². The van der Waals surface area contributed by atoms with Gasteiger partial charge >= 0.3 is 17.9 Å². The fraction of sp³-hybridized carbons (Fsp3) is 0.822. The van der Waals surface area contributed by atoms with Gasteiger partial charge in [0.25, 0.3) is 0 Å². The van der Waals surface area contributed by atoms with Crippen molar-refractivity contribution in [3.8, 4) is 0 Å². The molecule has 0 spiro atoms. The summed E-state index contributed by atoms with van der Waals surface area (Å²) in [5.74, 6) is -0.867. The van der Waals surface area contributed by atoms with Gasteiger partial charge in [0.05, 0.1) is 0 Å². The maximum atomic E-state index is 12.9. The lowest BCUT2D eigenvalue weighted by molar-refractivity contribution is -0.167. The van der Waals surface area contributed by atoms with Gasteiger partial charge in [-0.25, -0.2) is 0 Å². The first-order chi connectivity index (χ1) is 39.0. The van der Waals surface area contributed by atoms with E-state index in [-0.39, 0.29) is 31.1 Å². The lowest BCUT2D eigenvalue weighted by Crippen LogP contribution is -2.30. The Morgan fingerprint density at radius 3 is 0.759 bits per heavy atom. The average molecular weight is 1110 g/mol. The van der Waals surface area contributed by atoms with E-state index in [4.69, 9.17) is 14.2 Å². The number of unbranched alkanes of at least 4 members (excludes halogenated alkanes) is 43. The van der Waals surface area contributed by atoms with E-state index in [9.17, 15) is 14.4 Å². The summed E-state index contributed by atoms with van der Waals surface area (Å²) in [6, 6.07) is 0. The topological polar surface area (TPSA) is 78.9 Å². The first-order valence-corrected chi connectivity index (χ1v) is 34.8. The third-order valence-electron chi connectivity index (χ3n) is 15.5. The van der Waals surface area contributed by atoms with Crippen LogP contribution in [-0.2, 0) is 28.6 Å². The Bertz CT molecular complexity index is 1410. The molecule has 0 aliphatic heterocycles. The summed E-state index contributed by atoms with van der Waals surface area (Å²) in [4.78, 5) is 38.3. The van der Waals surface area contributed by atoms with Crippen LogP contribution >= 0.6 is 0 Å². The van der Waals surface area contributed by atoms with Gasteiger partial charge in [0.1, 0.15) is 13.2 Å². The molecule has 0 bridgehead atoms. The fourth-order valence-electron chi connectivity index (χ4n) is 10.2. The molecule has 0 amide bonds. The molecule has 79 heavy (non-hydrogen) atoms. The van der Waals surface area contributed by atoms with Crippen LogP contribution in [0.4, 0.5) is 0 Å². The molecule has 6 nitrogen and oxygen atoms in total. The lowest BCUT2D eigenvalue weighted by Gasteiger charge is -2.18. The molecule has 0 saturated heterocycles. The van der Waals surface area contributed by atoms with Crippen molar-refractivity contribution in [3.63, 3.8) is 0 Å². The Morgan fingerprint density at radius 2 is 0.468 bits per heavy atom. The molecule has 0 aromatic heterocycles. The second kappa shape index (κ2) is 67.6. The number of esters is 3. The molecule has 0 radical (unpaired) electrons. The van der Waals surface area contributed by atoms with Crippen molar-refractivity contribution in [2.75, 3.05) is 13.2 Å². The van der Waals surface area contributed by atoms with Gasteiger partial charge in [-0.1, -0.05) is 306 Å². The zero-order valence-electron chi connectivity index (χ0n) is 52.9. The van der Waals surface area contributed by atoms with Crippen molar-refractivity contribution in [2.45, 2.75) is 374 Å². The van der Waals surface area contributed by atoms with Crippen molar-refractivity contribution in [1.82, 2.24) is 0 Å². The van der Waals surface area contributed by atoms with Crippen molar-refractivity contribution < 1.29 is 28.6 Å². The summed E-state index contributed by atoms with van der Waals surface area (Å²) < 4.78 is 16.9. The van der Waals surface area contributed by atoms with Crippen LogP contribution in [0.25, 0.3) is 0 Å². The van der Waals surface area contributed by atoms with Crippen LogP contribution < -0.4 is 0 Å². The molecule has 0 saturated carbocycles. The molecule has 0 rings (SSSR count). The predicted octanol–water partition coefficient (Wildman–Crippen LogP) is 23.9. The molecule has 460 valence electrons. The quantitative estimate of drug-likeness (QED) is 0.0261. The van der Waals surface area contributed by atoms with Gasteiger partial charge < -0.3 is 14.2 Å². The normalized spacial score (nSPS) is 12.4. The van der Waals surface area contributed by atoms with Crippen molar-refractivity contribution in [1.29, 1.82) is 0 Å². The van der Waals surface area contributed by atoms with E-state index in [1.165, 1.54) is 250 Å². The standard InChI is InChI=1S/C73H132O6/c1-4-7-10-13-16-19-22-24-26-28-30-31-32-33-34-35-36-37-38-39-40-41-43-44-46-48-51-54-57-60-63-66-72(75)78-69-70(68-77-71(74)65-62-59-56-53-50-21-18-15-12-9-6-3)79-73(76)67-64-61-58-55-52-49-47-45-42-29-27-25-23-20-17-14-11-8-5-2/h15,18,22,24-25,27-28,30,32-33,70H,4-14,16-17,19-21,23,26,29,31,34-69H2,1-3H3/b18-15-,24-22-,27-25-,30-28-,33-32-. The smallest absolute Gasteiger partial charge is 0.306 e. The van der Waals surface area contributed by atoms with Crippen molar-refractivity contribution in [2.24, 2.45) is 0 Å². The summed E-state index contributed by atoms with van der Waals surface area (Å²) >= 11 is 0. The highest BCUT2D eigenvalue weighted by atomic mass is 16.6. The molecule has 0 aromatic carbocycles. The third-order valence-corrected chi connectivity index (χ3v) is 15.5. The number of hydrogen-bond donors (Lipinski definition) is 0. The van der Waals surface area contributed by atoms with Crippen LogP contribution in [-0.4, -0.2) is 37.2 Å². The van der Waals surface area contributed by atoms with E-state index in [0.29, 0.717) is 19.3 Å². The van der Waals surface area contributed by atoms with Crippen LogP contribution in [0, 0.1) is 0 Å². The lowest BCUT2D eigenvalue weighted by atomic mass is 10.0. The third kappa shape index (κ3) is 65.8. The molecule has 0 aliphatic rings. The van der Waals surface area contributed by atoms with E-state index in [1.807, 2.05) is 0 Å². The SMILES string of the molecule is CCCC/C=C\CCCCCCCC(=O)OCC(COC(=O)CCCCCCCCCCCCCCCCCC/C=C\C/C=C\C/C=C\CCCCCCC)OC(=O)CCCCCCCCCCC/C=C\CCCCCCCC. The number of carbonyl (C=O) groups is 3. The molecule has 0 N–H and O–H groups in total. The number of allylic oxidation sites excluding steroid dienone is 10. The highest BCUT2D eigenvalue weighted by molar-refractivity contribution is 5.71. The number of ether oxygens (including phenoxy) is 3. The van der Waals surface area contributed by atoms with Gasteiger partial charge in [0, 0.05) is 19.3 Å². The first-order valence-electron chi connectivity index (χ1n) is 34.8. The molecule has 1 atom stereocenters. The fourth-order valence-corrected chi connectivity index (χ4v) is 10.2.